The van der Waals surface area contributed by atoms with E-state index < -0.39 is 5.91 Å². The summed E-state index contributed by atoms with van der Waals surface area (Å²) in [6.07, 6.45) is 1.73. The van der Waals surface area contributed by atoms with E-state index in [1.165, 1.54) is 12.1 Å². The minimum absolute atomic E-state index is 0.294. The summed E-state index contributed by atoms with van der Waals surface area (Å²) < 4.78 is 5.32. The number of morpholine rings is 1. The van der Waals surface area contributed by atoms with E-state index in [9.17, 15) is 9.59 Å². The maximum Gasteiger partial charge on any atom is 0.256 e. The van der Waals surface area contributed by atoms with Crippen LogP contribution in [0.15, 0.2) is 42.6 Å². The molecule has 1 aliphatic heterocycles. The normalized spacial score (nSPS) is 14.2. The molecule has 0 aliphatic carbocycles. The monoisotopic (exact) mass is 326 g/mol. The first-order chi connectivity index (χ1) is 11.6. The van der Waals surface area contributed by atoms with Crippen LogP contribution in [0.3, 0.4) is 0 Å². The number of hydrogen-bond donors (Lipinski definition) is 2. The van der Waals surface area contributed by atoms with Crippen molar-refractivity contribution < 1.29 is 14.3 Å². The molecule has 1 aliphatic rings. The fourth-order valence-corrected chi connectivity index (χ4v) is 2.44. The number of ether oxygens (including phenoxy) is 1. The molecule has 124 valence electrons. The first-order valence-corrected chi connectivity index (χ1v) is 7.63. The number of pyridine rings is 1. The molecule has 1 saturated heterocycles. The van der Waals surface area contributed by atoms with E-state index in [-0.39, 0.29) is 5.91 Å². The Balaban J connectivity index is 1.64. The van der Waals surface area contributed by atoms with E-state index in [1.807, 2.05) is 6.07 Å². The van der Waals surface area contributed by atoms with Crippen molar-refractivity contribution >= 4 is 23.3 Å². The quantitative estimate of drug-likeness (QED) is 0.882. The summed E-state index contributed by atoms with van der Waals surface area (Å²) in [7, 11) is 0. The van der Waals surface area contributed by atoms with Crippen LogP contribution in [-0.4, -0.2) is 43.1 Å². The Morgan fingerprint density at radius 2 is 1.71 bits per heavy atom. The minimum Gasteiger partial charge on any atom is -0.378 e. The van der Waals surface area contributed by atoms with Crippen LogP contribution in [0.5, 0.6) is 0 Å². The van der Waals surface area contributed by atoms with Gasteiger partial charge in [0.25, 0.3) is 5.91 Å². The smallest absolute Gasteiger partial charge is 0.256 e. The maximum absolute atomic E-state index is 12.2. The lowest BCUT2D eigenvalue weighted by Crippen LogP contribution is -2.36. The molecule has 0 spiro atoms. The molecule has 2 amide bonds. The van der Waals surface area contributed by atoms with Gasteiger partial charge in [-0.2, -0.15) is 0 Å². The van der Waals surface area contributed by atoms with Gasteiger partial charge in [0, 0.05) is 24.2 Å². The molecule has 3 N–H and O–H groups in total. The fraction of sp³-hybridized carbons (Fsp3) is 0.235. The molecule has 2 aromatic rings. The largest absolute Gasteiger partial charge is 0.378 e. The van der Waals surface area contributed by atoms with Gasteiger partial charge < -0.3 is 20.7 Å². The van der Waals surface area contributed by atoms with Crippen molar-refractivity contribution in [3.63, 3.8) is 0 Å². The second-order valence-electron chi connectivity index (χ2n) is 5.40. The summed E-state index contributed by atoms with van der Waals surface area (Å²) in [5, 5.41) is 2.73. The van der Waals surface area contributed by atoms with Crippen molar-refractivity contribution in [2.24, 2.45) is 5.73 Å². The number of nitrogens with two attached hydrogens (primary N) is 1. The third-order valence-corrected chi connectivity index (χ3v) is 3.80. The number of anilines is 2. The molecular formula is C17H18N4O3. The molecule has 2 heterocycles. The van der Waals surface area contributed by atoms with Crippen LogP contribution in [0.1, 0.15) is 20.7 Å². The van der Waals surface area contributed by atoms with Crippen molar-refractivity contribution in [2.45, 2.75) is 0 Å². The van der Waals surface area contributed by atoms with Gasteiger partial charge in [-0.25, -0.2) is 4.98 Å². The summed E-state index contributed by atoms with van der Waals surface area (Å²) in [6, 6.07) is 9.83. The topological polar surface area (TPSA) is 97.5 Å². The second-order valence-corrected chi connectivity index (χ2v) is 5.40. The maximum atomic E-state index is 12.2. The summed E-state index contributed by atoms with van der Waals surface area (Å²) in [5.74, 6) is -0.351. The van der Waals surface area contributed by atoms with Crippen molar-refractivity contribution in [3.8, 4) is 0 Å². The van der Waals surface area contributed by atoms with E-state index in [0.717, 1.165) is 18.8 Å². The van der Waals surface area contributed by atoms with Crippen LogP contribution in [0.4, 0.5) is 11.5 Å². The number of aromatic nitrogens is 1. The zero-order chi connectivity index (χ0) is 16.9. The first kappa shape index (κ1) is 15.9. The summed E-state index contributed by atoms with van der Waals surface area (Å²) in [6.45, 7) is 3.08. The summed E-state index contributed by atoms with van der Waals surface area (Å²) >= 11 is 0. The Labute approximate surface area is 139 Å². The number of carbonyl (C=O) groups is 2. The Bertz CT molecular complexity index is 723. The highest BCUT2D eigenvalue weighted by Crippen LogP contribution is 2.17. The van der Waals surface area contributed by atoms with Crippen molar-refractivity contribution in [2.75, 3.05) is 36.5 Å². The number of benzene rings is 1. The SMILES string of the molecule is NC(=O)c1ccc(C(=O)Nc2ccc(N3CCOCC3)cn2)cc1. The minimum atomic E-state index is -0.526. The lowest BCUT2D eigenvalue weighted by Gasteiger charge is -2.28. The molecule has 0 radical (unpaired) electrons. The lowest BCUT2D eigenvalue weighted by molar-refractivity contribution is 0.0995. The predicted molar refractivity (Wildman–Crippen MR) is 90.2 cm³/mol. The van der Waals surface area contributed by atoms with Crippen LogP contribution in [0.25, 0.3) is 0 Å². The second kappa shape index (κ2) is 7.10. The molecule has 0 saturated carbocycles. The molecule has 7 heteroatoms. The van der Waals surface area contributed by atoms with Gasteiger partial charge >= 0.3 is 0 Å². The zero-order valence-corrected chi connectivity index (χ0v) is 13.1. The average Bonchev–Trinajstić information content (AvgIpc) is 2.63. The standard InChI is InChI=1S/C17H18N4O3/c18-16(22)12-1-3-13(4-2-12)17(23)20-15-6-5-14(11-19-15)21-7-9-24-10-8-21/h1-6,11H,7-10H2,(H2,18,22)(H,19,20,23). The lowest BCUT2D eigenvalue weighted by atomic mass is 10.1. The summed E-state index contributed by atoms with van der Waals surface area (Å²) in [5.41, 5.74) is 6.97. The van der Waals surface area contributed by atoms with Crippen LogP contribution in [-0.2, 0) is 4.74 Å². The predicted octanol–water partition coefficient (Wildman–Crippen LogP) is 1.27. The third-order valence-electron chi connectivity index (χ3n) is 3.80. The Morgan fingerprint density at radius 1 is 1.04 bits per heavy atom. The molecule has 7 nitrogen and oxygen atoms in total. The number of primary amides is 1. The fourth-order valence-electron chi connectivity index (χ4n) is 2.44. The number of hydrogen-bond acceptors (Lipinski definition) is 5. The van der Waals surface area contributed by atoms with Gasteiger partial charge in [0.15, 0.2) is 0 Å². The Morgan fingerprint density at radius 3 is 2.29 bits per heavy atom. The number of nitrogens with zero attached hydrogens (tertiary/aromatic N) is 2. The number of carbonyl (C=O) groups excluding carboxylic acids is 2. The van der Waals surface area contributed by atoms with Crippen LogP contribution in [0.2, 0.25) is 0 Å². The van der Waals surface area contributed by atoms with Crippen LogP contribution < -0.4 is 16.0 Å². The zero-order valence-electron chi connectivity index (χ0n) is 13.1. The highest BCUT2D eigenvalue weighted by molar-refractivity contribution is 6.04. The van der Waals surface area contributed by atoms with Crippen molar-refractivity contribution in [1.29, 1.82) is 0 Å². The van der Waals surface area contributed by atoms with Gasteiger partial charge in [-0.05, 0) is 36.4 Å². The van der Waals surface area contributed by atoms with Gasteiger partial charge in [0.1, 0.15) is 5.82 Å². The molecule has 0 atom stereocenters. The number of rotatable bonds is 4. The van der Waals surface area contributed by atoms with E-state index >= 15 is 0 Å². The number of amides is 2. The highest BCUT2D eigenvalue weighted by Gasteiger charge is 2.12. The molecule has 1 aromatic carbocycles. The molecule has 1 fully saturated rings. The van der Waals surface area contributed by atoms with E-state index in [4.69, 9.17) is 10.5 Å². The van der Waals surface area contributed by atoms with Crippen molar-refractivity contribution in [1.82, 2.24) is 4.98 Å². The Kier molecular flexibility index (Phi) is 4.72. The summed E-state index contributed by atoms with van der Waals surface area (Å²) in [4.78, 5) is 29.7. The van der Waals surface area contributed by atoms with Gasteiger partial charge in [0.2, 0.25) is 5.91 Å². The molecular weight excluding hydrogens is 308 g/mol. The highest BCUT2D eigenvalue weighted by atomic mass is 16.5. The van der Waals surface area contributed by atoms with E-state index in [0.29, 0.717) is 30.2 Å². The molecule has 1 aromatic heterocycles. The number of nitrogens with one attached hydrogen (secondary N) is 1. The Hall–Kier alpha value is -2.93. The van der Waals surface area contributed by atoms with Crippen molar-refractivity contribution in [3.05, 3.63) is 53.7 Å². The molecule has 3 rings (SSSR count). The van der Waals surface area contributed by atoms with Gasteiger partial charge in [-0.15, -0.1) is 0 Å². The molecule has 0 unspecified atom stereocenters. The third kappa shape index (κ3) is 3.69. The first-order valence-electron chi connectivity index (χ1n) is 7.63. The van der Waals surface area contributed by atoms with Gasteiger partial charge in [0.05, 0.1) is 25.1 Å². The van der Waals surface area contributed by atoms with Crippen LogP contribution in [0, 0.1) is 0 Å². The van der Waals surface area contributed by atoms with E-state index in [2.05, 4.69) is 15.2 Å². The molecule has 0 bridgehead atoms. The van der Waals surface area contributed by atoms with Gasteiger partial charge in [-0.3, -0.25) is 9.59 Å². The van der Waals surface area contributed by atoms with Crippen LogP contribution >= 0.6 is 0 Å². The average molecular weight is 326 g/mol. The molecule has 24 heavy (non-hydrogen) atoms. The van der Waals surface area contributed by atoms with E-state index in [1.54, 1.807) is 24.4 Å². The van der Waals surface area contributed by atoms with Gasteiger partial charge in [-0.1, -0.05) is 0 Å².